The van der Waals surface area contributed by atoms with Crippen molar-refractivity contribution in [2.45, 2.75) is 52.6 Å². The average molecular weight is 540 g/mol. The van der Waals surface area contributed by atoms with Crippen molar-refractivity contribution in [2.75, 3.05) is 46.6 Å². The molecule has 2 amide bonds. The molecule has 3 rings (SSSR count). The lowest BCUT2D eigenvalue weighted by molar-refractivity contribution is 0.0737. The Hall–Kier alpha value is -3.10. The molecule has 1 fully saturated rings. The van der Waals surface area contributed by atoms with Gasteiger partial charge in [0.1, 0.15) is 5.75 Å². The smallest absolute Gasteiger partial charge is 0.410 e. The van der Waals surface area contributed by atoms with E-state index in [1.165, 1.54) is 0 Å². The highest BCUT2D eigenvalue weighted by atomic mass is 16.6. The van der Waals surface area contributed by atoms with E-state index in [9.17, 15) is 9.59 Å². The second-order valence-electron chi connectivity index (χ2n) is 10.8. The molecule has 2 aromatic rings. The monoisotopic (exact) mass is 539 g/mol. The van der Waals surface area contributed by atoms with Gasteiger partial charge in [-0.1, -0.05) is 50.2 Å². The third-order valence-electron chi connectivity index (χ3n) is 6.87. The molecule has 1 aliphatic heterocycles. The molecule has 0 aliphatic carbocycles. The summed E-state index contributed by atoms with van der Waals surface area (Å²) >= 11 is 0. The van der Waals surface area contributed by atoms with Gasteiger partial charge in [-0.3, -0.25) is 4.79 Å². The largest absolute Gasteiger partial charge is 0.493 e. The summed E-state index contributed by atoms with van der Waals surface area (Å²) in [5.41, 5.74) is 2.64. The van der Waals surface area contributed by atoms with Crippen LogP contribution >= 0.6 is 0 Å². The molecule has 39 heavy (non-hydrogen) atoms. The van der Waals surface area contributed by atoms with Gasteiger partial charge in [0.05, 0.1) is 13.2 Å². The van der Waals surface area contributed by atoms with E-state index >= 15 is 0 Å². The van der Waals surface area contributed by atoms with E-state index in [2.05, 4.69) is 24.5 Å². The van der Waals surface area contributed by atoms with E-state index in [0.29, 0.717) is 56.7 Å². The van der Waals surface area contributed by atoms with Gasteiger partial charge in [0.15, 0.2) is 0 Å². The van der Waals surface area contributed by atoms with Gasteiger partial charge in [-0.15, -0.1) is 0 Å². The van der Waals surface area contributed by atoms with Crippen LogP contribution in [0.3, 0.4) is 0 Å². The van der Waals surface area contributed by atoms with Crippen LogP contribution in [0.4, 0.5) is 4.79 Å². The van der Waals surface area contributed by atoms with Crippen molar-refractivity contribution in [3.8, 4) is 5.75 Å². The number of methoxy groups -OCH3 is 1. The zero-order chi connectivity index (χ0) is 28.0. The maximum Gasteiger partial charge on any atom is 0.410 e. The fourth-order valence-corrected chi connectivity index (χ4v) is 4.55. The number of hydrogen-bond donors (Lipinski definition) is 2. The van der Waals surface area contributed by atoms with Crippen LogP contribution in [-0.4, -0.2) is 69.5 Å². The van der Waals surface area contributed by atoms with Gasteiger partial charge >= 0.3 is 6.09 Å². The molecular formula is C31H45N3O5. The predicted molar refractivity (Wildman–Crippen MR) is 153 cm³/mol. The lowest BCUT2D eigenvalue weighted by Crippen LogP contribution is -2.50. The van der Waals surface area contributed by atoms with Gasteiger partial charge in [0, 0.05) is 63.8 Å². The Bertz CT molecular complexity index is 1030. The summed E-state index contributed by atoms with van der Waals surface area (Å²) in [5.74, 6) is 1.19. The number of aryl methyl sites for hydroxylation is 1. The average Bonchev–Trinajstić information content (AvgIpc) is 2.93. The Morgan fingerprint density at radius 3 is 2.64 bits per heavy atom. The molecule has 214 valence electrons. The maximum atomic E-state index is 13.0. The molecule has 0 spiro atoms. The van der Waals surface area contributed by atoms with Crippen molar-refractivity contribution in [1.29, 1.82) is 0 Å². The Morgan fingerprint density at radius 2 is 1.90 bits per heavy atom. The van der Waals surface area contributed by atoms with Crippen molar-refractivity contribution < 1.29 is 23.8 Å². The zero-order valence-electron chi connectivity index (χ0n) is 23.9. The summed E-state index contributed by atoms with van der Waals surface area (Å²) in [6, 6.07) is 15.5. The Kier molecular flexibility index (Phi) is 12.6. The molecular weight excluding hydrogens is 494 g/mol. The van der Waals surface area contributed by atoms with Gasteiger partial charge in [-0.25, -0.2) is 4.79 Å². The highest BCUT2D eigenvalue weighted by molar-refractivity contribution is 5.95. The third kappa shape index (κ3) is 10.5. The van der Waals surface area contributed by atoms with Crippen LogP contribution in [-0.2, 0) is 16.0 Å². The lowest BCUT2D eigenvalue weighted by atomic mass is 9.96. The number of rotatable bonds is 14. The second kappa shape index (κ2) is 16.1. The third-order valence-corrected chi connectivity index (χ3v) is 6.87. The fraction of sp³-hybridized carbons (Fsp3) is 0.548. The van der Waals surface area contributed by atoms with E-state index in [4.69, 9.17) is 14.2 Å². The van der Waals surface area contributed by atoms with Crippen molar-refractivity contribution in [1.82, 2.24) is 15.5 Å². The number of carbonyl (C=O) groups excluding carboxylic acids is 2. The minimum absolute atomic E-state index is 0.0521. The Morgan fingerprint density at radius 1 is 1.10 bits per heavy atom. The quantitative estimate of drug-likeness (QED) is 0.335. The minimum Gasteiger partial charge on any atom is -0.493 e. The standard InChI is InChI=1S/C31H45N3O5/c1-23(2)13-14-34(21-25-9-6-5-7-10-25)31(36)39-22-26-17-28(20-32-19-26)33-30(35)27-12-11-24(3)29(18-27)38-16-8-15-37-4/h5-7,9-12,18,23,26,28,32H,8,13-17,19-22H2,1-4H3,(H,33,35)/t26-,28+/m0/s1. The number of benzene rings is 2. The van der Waals surface area contributed by atoms with Crippen molar-refractivity contribution in [3.05, 3.63) is 65.2 Å². The molecule has 2 atom stereocenters. The van der Waals surface area contributed by atoms with Crippen molar-refractivity contribution in [2.24, 2.45) is 11.8 Å². The number of hydrogen-bond acceptors (Lipinski definition) is 6. The summed E-state index contributed by atoms with van der Waals surface area (Å²) in [6.07, 6.45) is 2.15. The van der Waals surface area contributed by atoms with Gasteiger partial charge in [-0.2, -0.15) is 0 Å². The summed E-state index contributed by atoms with van der Waals surface area (Å²) in [7, 11) is 1.67. The number of piperidine rings is 1. The highest BCUT2D eigenvalue weighted by Crippen LogP contribution is 2.21. The van der Waals surface area contributed by atoms with Crippen LogP contribution in [0, 0.1) is 18.8 Å². The molecule has 0 radical (unpaired) electrons. The summed E-state index contributed by atoms with van der Waals surface area (Å²) in [5, 5.41) is 6.51. The van der Waals surface area contributed by atoms with Gasteiger partial charge < -0.3 is 29.7 Å². The van der Waals surface area contributed by atoms with Crippen molar-refractivity contribution in [3.63, 3.8) is 0 Å². The molecule has 1 heterocycles. The Labute approximate surface area is 233 Å². The summed E-state index contributed by atoms with van der Waals surface area (Å²) in [4.78, 5) is 27.8. The molecule has 0 unspecified atom stereocenters. The van der Waals surface area contributed by atoms with Crippen molar-refractivity contribution >= 4 is 12.0 Å². The topological polar surface area (TPSA) is 89.1 Å². The molecule has 2 N–H and O–H groups in total. The first kappa shape index (κ1) is 30.4. The number of nitrogens with one attached hydrogen (secondary N) is 2. The van der Waals surface area contributed by atoms with Gasteiger partial charge in [-0.05, 0) is 48.9 Å². The van der Waals surface area contributed by atoms with Crippen LogP contribution in [0.15, 0.2) is 48.5 Å². The molecule has 0 saturated carbocycles. The summed E-state index contributed by atoms with van der Waals surface area (Å²) in [6.45, 7) is 10.4. The van der Waals surface area contributed by atoms with Gasteiger partial charge in [0.2, 0.25) is 0 Å². The molecule has 2 aromatic carbocycles. The summed E-state index contributed by atoms with van der Waals surface area (Å²) < 4.78 is 16.7. The van der Waals surface area contributed by atoms with Crippen LogP contribution in [0.5, 0.6) is 5.75 Å². The van der Waals surface area contributed by atoms with Crippen LogP contribution in [0.25, 0.3) is 0 Å². The molecule has 0 aromatic heterocycles. The van der Waals surface area contributed by atoms with E-state index in [-0.39, 0.29) is 24.0 Å². The number of nitrogens with zero attached hydrogens (tertiary/aromatic N) is 1. The van der Waals surface area contributed by atoms with E-state index in [1.807, 2.05) is 49.4 Å². The maximum absolute atomic E-state index is 13.0. The van der Waals surface area contributed by atoms with Crippen LogP contribution in [0.1, 0.15) is 54.6 Å². The zero-order valence-corrected chi connectivity index (χ0v) is 23.9. The highest BCUT2D eigenvalue weighted by Gasteiger charge is 2.26. The number of carbonyl (C=O) groups is 2. The Balaban J connectivity index is 1.51. The fourth-order valence-electron chi connectivity index (χ4n) is 4.55. The number of amides is 2. The van der Waals surface area contributed by atoms with Crippen LogP contribution < -0.4 is 15.4 Å². The van der Waals surface area contributed by atoms with Crippen LogP contribution in [0.2, 0.25) is 0 Å². The molecule has 1 aliphatic rings. The first-order valence-corrected chi connectivity index (χ1v) is 14.0. The molecule has 1 saturated heterocycles. The normalized spacial score (nSPS) is 17.1. The van der Waals surface area contributed by atoms with E-state index in [0.717, 1.165) is 36.9 Å². The molecule has 8 nitrogen and oxygen atoms in total. The SMILES string of the molecule is COCCCOc1cc(C(=O)N[C@H]2CNC[C@@H](COC(=O)N(CCC(C)C)Cc3ccccc3)C2)ccc1C. The second-order valence-corrected chi connectivity index (χ2v) is 10.8. The van der Waals surface area contributed by atoms with E-state index < -0.39 is 0 Å². The molecule has 8 heteroatoms. The lowest BCUT2D eigenvalue weighted by Gasteiger charge is -2.31. The van der Waals surface area contributed by atoms with E-state index in [1.54, 1.807) is 18.1 Å². The van der Waals surface area contributed by atoms with Gasteiger partial charge in [0.25, 0.3) is 5.91 Å². The number of ether oxygens (including phenoxy) is 3. The minimum atomic E-state index is -0.289. The molecule has 0 bridgehead atoms. The first-order valence-electron chi connectivity index (χ1n) is 14.0. The predicted octanol–water partition coefficient (Wildman–Crippen LogP) is 4.80. The first-order chi connectivity index (χ1) is 18.9.